The van der Waals surface area contributed by atoms with E-state index >= 15 is 0 Å². The van der Waals surface area contributed by atoms with E-state index in [2.05, 4.69) is 61.5 Å². The number of hydrogen-bond donors (Lipinski definition) is 1. The third kappa shape index (κ3) is 3.49. The zero-order valence-electron chi connectivity index (χ0n) is 24.2. The van der Waals surface area contributed by atoms with Crippen LogP contribution in [0.25, 0.3) is 0 Å². The molecule has 0 bridgehead atoms. The lowest BCUT2D eigenvalue weighted by Crippen LogP contribution is -2.56. The van der Waals surface area contributed by atoms with Gasteiger partial charge in [0, 0.05) is 12.8 Å². The van der Waals surface area contributed by atoms with E-state index in [-0.39, 0.29) is 58.0 Å². The molecular formula is C32H50O4. The van der Waals surface area contributed by atoms with Crippen molar-refractivity contribution < 1.29 is 19.4 Å². The Morgan fingerprint density at radius 1 is 1.03 bits per heavy atom. The minimum atomic E-state index is -0.234. The number of aliphatic hydroxyl groups excluding tert-OH is 1. The third-order valence-electron chi connectivity index (χ3n) is 12.3. The van der Waals surface area contributed by atoms with E-state index < -0.39 is 0 Å². The molecule has 10 atom stereocenters. The molecule has 4 aliphatic carbocycles. The topological polar surface area (TPSA) is 55.8 Å². The van der Waals surface area contributed by atoms with Gasteiger partial charge < -0.3 is 14.6 Å². The van der Waals surface area contributed by atoms with Crippen LogP contribution >= 0.6 is 0 Å². The number of esters is 1. The Hall–Kier alpha value is -1.13. The van der Waals surface area contributed by atoms with Gasteiger partial charge in [0.15, 0.2) is 0 Å². The van der Waals surface area contributed by atoms with Crippen LogP contribution in [0, 0.1) is 39.4 Å². The van der Waals surface area contributed by atoms with Gasteiger partial charge in [0.25, 0.3) is 0 Å². The van der Waals surface area contributed by atoms with E-state index in [0.29, 0.717) is 11.8 Å². The van der Waals surface area contributed by atoms with Crippen LogP contribution in [0.1, 0.15) is 107 Å². The summed E-state index contributed by atoms with van der Waals surface area (Å²) in [5.41, 5.74) is 5.01. The van der Waals surface area contributed by atoms with Gasteiger partial charge in [0.1, 0.15) is 12.2 Å². The Kier molecular flexibility index (Phi) is 6.20. The molecule has 0 spiro atoms. The number of allylic oxidation sites excluding steroid dienone is 3. The van der Waals surface area contributed by atoms with Gasteiger partial charge in [0.2, 0.25) is 0 Å². The highest BCUT2D eigenvalue weighted by molar-refractivity contribution is 5.66. The fourth-order valence-electron chi connectivity index (χ4n) is 10.4. The first kappa shape index (κ1) is 26.5. The van der Waals surface area contributed by atoms with Crippen LogP contribution in [0.5, 0.6) is 0 Å². The highest BCUT2D eigenvalue weighted by atomic mass is 16.6. The molecule has 36 heavy (non-hydrogen) atoms. The van der Waals surface area contributed by atoms with Gasteiger partial charge in [-0.3, -0.25) is 4.79 Å². The van der Waals surface area contributed by atoms with Crippen molar-refractivity contribution in [3.05, 3.63) is 22.8 Å². The minimum Gasteiger partial charge on any atom is -0.459 e. The number of hydrogen-bond acceptors (Lipinski definition) is 4. The lowest BCUT2D eigenvalue weighted by molar-refractivity contribution is -0.191. The van der Waals surface area contributed by atoms with Crippen LogP contribution in [-0.2, 0) is 14.3 Å². The lowest BCUT2D eigenvalue weighted by atomic mass is 9.43. The monoisotopic (exact) mass is 498 g/mol. The summed E-state index contributed by atoms with van der Waals surface area (Å²) in [4.78, 5) is 12.1. The first-order valence-electron chi connectivity index (χ1n) is 14.6. The second kappa shape index (κ2) is 8.43. The summed E-state index contributed by atoms with van der Waals surface area (Å²) in [6.07, 6.45) is 9.46. The molecule has 0 aromatic rings. The predicted molar refractivity (Wildman–Crippen MR) is 143 cm³/mol. The number of ether oxygens (including phenoxy) is 2. The highest BCUT2D eigenvalue weighted by Gasteiger charge is 2.68. The van der Waals surface area contributed by atoms with E-state index in [1.165, 1.54) is 25.3 Å². The molecule has 0 amide bonds. The van der Waals surface area contributed by atoms with Crippen molar-refractivity contribution in [3.63, 3.8) is 0 Å². The van der Waals surface area contributed by atoms with Gasteiger partial charge in [-0.05, 0) is 92.3 Å². The molecule has 3 fully saturated rings. The molecule has 1 saturated heterocycles. The normalized spacial score (nSPS) is 49.3. The Labute approximate surface area is 219 Å². The highest BCUT2D eigenvalue weighted by Crippen LogP contribution is 2.73. The van der Waals surface area contributed by atoms with Gasteiger partial charge in [-0.1, -0.05) is 64.3 Å². The average Bonchev–Trinajstić information content (AvgIpc) is 3.00. The van der Waals surface area contributed by atoms with Crippen LogP contribution < -0.4 is 0 Å². The maximum atomic E-state index is 12.1. The first-order valence-corrected chi connectivity index (χ1v) is 14.6. The van der Waals surface area contributed by atoms with Crippen LogP contribution in [0.2, 0.25) is 0 Å². The van der Waals surface area contributed by atoms with Crippen molar-refractivity contribution in [2.24, 2.45) is 39.4 Å². The Morgan fingerprint density at radius 3 is 2.36 bits per heavy atom. The number of carbonyl (C=O) groups is 1. The number of fused-ring (bicyclic) bond motifs is 6. The van der Waals surface area contributed by atoms with Crippen molar-refractivity contribution in [2.75, 3.05) is 0 Å². The summed E-state index contributed by atoms with van der Waals surface area (Å²) >= 11 is 0. The summed E-state index contributed by atoms with van der Waals surface area (Å²) in [7, 11) is 0. The van der Waals surface area contributed by atoms with Crippen molar-refractivity contribution >= 4 is 5.97 Å². The molecule has 1 heterocycles. The fraction of sp³-hybridized carbons (Fsp3) is 0.844. The van der Waals surface area contributed by atoms with Crippen LogP contribution in [0.15, 0.2) is 22.8 Å². The van der Waals surface area contributed by atoms with E-state index in [1.807, 2.05) is 0 Å². The molecular weight excluding hydrogens is 448 g/mol. The van der Waals surface area contributed by atoms with E-state index in [0.717, 1.165) is 32.1 Å². The van der Waals surface area contributed by atoms with Crippen LogP contribution in [-0.4, -0.2) is 35.5 Å². The molecule has 0 aromatic carbocycles. The van der Waals surface area contributed by atoms with E-state index in [4.69, 9.17) is 9.47 Å². The zero-order chi connectivity index (χ0) is 26.4. The van der Waals surface area contributed by atoms with E-state index in [1.54, 1.807) is 11.1 Å². The zero-order valence-corrected chi connectivity index (χ0v) is 24.2. The quantitative estimate of drug-likeness (QED) is 0.329. The Morgan fingerprint density at radius 2 is 1.72 bits per heavy atom. The number of carbonyl (C=O) groups excluding carboxylic acids is 1. The second-order valence-corrected chi connectivity index (χ2v) is 14.6. The minimum absolute atomic E-state index is 0.0384. The molecule has 4 nitrogen and oxygen atoms in total. The molecule has 1 unspecified atom stereocenters. The van der Waals surface area contributed by atoms with Crippen LogP contribution in [0.4, 0.5) is 0 Å². The molecule has 4 heteroatoms. The summed E-state index contributed by atoms with van der Waals surface area (Å²) in [6.45, 7) is 20.2. The molecule has 0 aromatic heterocycles. The molecule has 1 aliphatic heterocycles. The Balaban J connectivity index is 1.56. The van der Waals surface area contributed by atoms with Crippen molar-refractivity contribution in [1.82, 2.24) is 0 Å². The molecule has 2 saturated carbocycles. The van der Waals surface area contributed by atoms with Crippen molar-refractivity contribution in [2.45, 2.75) is 132 Å². The maximum absolute atomic E-state index is 12.1. The molecule has 0 radical (unpaired) electrons. The predicted octanol–water partition coefficient (Wildman–Crippen LogP) is 7.01. The third-order valence-corrected chi connectivity index (χ3v) is 12.3. The summed E-state index contributed by atoms with van der Waals surface area (Å²) in [6, 6.07) is 0. The maximum Gasteiger partial charge on any atom is 0.303 e. The van der Waals surface area contributed by atoms with Crippen LogP contribution in [0.3, 0.4) is 0 Å². The van der Waals surface area contributed by atoms with Gasteiger partial charge in [-0.25, -0.2) is 0 Å². The number of aliphatic hydroxyl groups is 1. The fourth-order valence-corrected chi connectivity index (χ4v) is 10.4. The second-order valence-electron chi connectivity index (χ2n) is 14.6. The smallest absolute Gasteiger partial charge is 0.303 e. The van der Waals surface area contributed by atoms with Gasteiger partial charge >= 0.3 is 5.97 Å². The van der Waals surface area contributed by atoms with E-state index in [9.17, 15) is 9.90 Å². The molecule has 202 valence electrons. The molecule has 5 aliphatic rings. The van der Waals surface area contributed by atoms with Gasteiger partial charge in [-0.2, -0.15) is 0 Å². The average molecular weight is 499 g/mol. The van der Waals surface area contributed by atoms with Crippen molar-refractivity contribution in [1.29, 1.82) is 0 Å². The SMILES string of the molecule is CC(=O)O[C@@H]1[C@@H](C)[C@H]2[C@@H](C[C@@]3(C)C4=C(CC[C@]23C)[C@@]2(C)CC[C@H](O)C(C)(C)C2CC4)O[C@H]1C=C(C)C. The number of rotatable bonds is 2. The van der Waals surface area contributed by atoms with Crippen molar-refractivity contribution in [3.8, 4) is 0 Å². The molecule has 1 N–H and O–H groups in total. The first-order chi connectivity index (χ1) is 16.7. The van der Waals surface area contributed by atoms with Gasteiger partial charge in [0.05, 0.1) is 12.2 Å². The molecule has 5 rings (SSSR count). The Bertz CT molecular complexity index is 988. The summed E-state index contributed by atoms with van der Waals surface area (Å²) in [5.74, 6) is 0.944. The largest absolute Gasteiger partial charge is 0.459 e. The van der Waals surface area contributed by atoms with Gasteiger partial charge in [-0.15, -0.1) is 0 Å². The standard InChI is InChI=1S/C32H50O4/c1-18(2)16-23-28(35-20(4)33)19(3)27-24(36-23)17-32(9)22-10-11-25-29(5,6)26(34)13-14-30(25,7)21(22)12-15-31(27,32)8/h16,19,23-28,34H,10-15,17H2,1-9H3/t19-,23-,24+,25?,26-,27-,28+,30+,31+,32-/m0/s1. The summed E-state index contributed by atoms with van der Waals surface area (Å²) < 4.78 is 12.8. The summed E-state index contributed by atoms with van der Waals surface area (Å²) in [5, 5.41) is 10.9. The lowest BCUT2D eigenvalue weighted by Gasteiger charge is -2.62.